The Hall–Kier alpha value is -3.94. The van der Waals surface area contributed by atoms with Gasteiger partial charge in [-0.25, -0.2) is 13.2 Å². The number of sulfonamides is 1. The predicted octanol–water partition coefficient (Wildman–Crippen LogP) is 3.03. The van der Waals surface area contributed by atoms with Gasteiger partial charge in [0.1, 0.15) is 23.2 Å². The highest BCUT2D eigenvalue weighted by atomic mass is 32.2. The van der Waals surface area contributed by atoms with Crippen molar-refractivity contribution >= 4 is 39.7 Å². The predicted molar refractivity (Wildman–Crippen MR) is 183 cm³/mol. The van der Waals surface area contributed by atoms with Crippen LogP contribution in [0.2, 0.25) is 0 Å². The highest BCUT2D eigenvalue weighted by Gasteiger charge is 2.62. The second kappa shape index (κ2) is 14.0. The second-order valence-corrected chi connectivity index (χ2v) is 17.5. The first-order valence-electron chi connectivity index (χ1n) is 17.8. The molecule has 13 nitrogen and oxygen atoms in total. The van der Waals surface area contributed by atoms with Crippen LogP contribution in [0.1, 0.15) is 96.1 Å². The van der Waals surface area contributed by atoms with Crippen LogP contribution < -0.4 is 15.4 Å². The molecule has 3 heterocycles. The number of amides is 5. The van der Waals surface area contributed by atoms with Gasteiger partial charge in [0.2, 0.25) is 27.7 Å². The van der Waals surface area contributed by atoms with Crippen molar-refractivity contribution < 1.29 is 37.1 Å². The summed E-state index contributed by atoms with van der Waals surface area (Å²) in [6.07, 6.45) is 7.77. The number of carbonyl (C=O) groups is 5. The average molecular weight is 712 g/mol. The van der Waals surface area contributed by atoms with Crippen LogP contribution in [-0.2, 0) is 47.0 Å². The Morgan fingerprint density at radius 1 is 1.02 bits per heavy atom. The third kappa shape index (κ3) is 8.16. The van der Waals surface area contributed by atoms with Gasteiger partial charge in [-0.3, -0.25) is 23.9 Å². The van der Waals surface area contributed by atoms with Gasteiger partial charge in [-0.05, 0) is 82.8 Å². The lowest BCUT2D eigenvalue weighted by molar-refractivity contribution is -0.141. The van der Waals surface area contributed by atoms with Gasteiger partial charge in [-0.1, -0.05) is 49.3 Å². The number of nitrogens with zero attached hydrogens (tertiary/aromatic N) is 2. The second-order valence-electron chi connectivity index (χ2n) is 15.5. The molecule has 0 aromatic heterocycles. The summed E-state index contributed by atoms with van der Waals surface area (Å²) < 4.78 is 33.2. The molecule has 0 unspecified atom stereocenters. The standard InChI is InChI=1S/C36H49N5O8S/c1-35(2,3)49-34(46)37-28-14-8-6-4-5-7-13-26-19-36(26,33(45)39-50(47,48)27-15-16-27)38-31(43)29-17-23(20-41(29)32(28)44)18-30(42)40-21-24-11-9-10-12-25(24)22-40/h7,9-13,23,26-29H,4-6,8,14-22H2,1-3H3,(H,37,46)(H,38,43)(H,39,45)/t23-,26+,28-,29-,36+/m0/s1. The van der Waals surface area contributed by atoms with Gasteiger partial charge in [0, 0.05) is 32.0 Å². The minimum absolute atomic E-state index is 0.0845. The van der Waals surface area contributed by atoms with E-state index in [1.165, 1.54) is 4.90 Å². The fraction of sp³-hybridized carbons (Fsp3) is 0.639. The molecule has 2 aliphatic carbocycles. The van der Waals surface area contributed by atoms with Gasteiger partial charge in [0.25, 0.3) is 5.91 Å². The van der Waals surface area contributed by atoms with E-state index in [-0.39, 0.29) is 37.6 Å². The molecular formula is C36H49N5O8S. The summed E-state index contributed by atoms with van der Waals surface area (Å²) in [5.74, 6) is -2.69. The smallest absolute Gasteiger partial charge is 0.408 e. The lowest BCUT2D eigenvalue weighted by atomic mass is 10.00. The van der Waals surface area contributed by atoms with E-state index in [1.807, 2.05) is 36.4 Å². The maximum atomic E-state index is 14.3. The number of nitrogens with one attached hydrogen (secondary N) is 3. The van der Waals surface area contributed by atoms with E-state index in [0.29, 0.717) is 45.2 Å². The van der Waals surface area contributed by atoms with E-state index in [4.69, 9.17) is 4.74 Å². The Kier molecular flexibility index (Phi) is 10.0. The number of hydrogen-bond donors (Lipinski definition) is 3. The Labute approximate surface area is 294 Å². The van der Waals surface area contributed by atoms with Crippen molar-refractivity contribution in [1.29, 1.82) is 0 Å². The molecule has 50 heavy (non-hydrogen) atoms. The number of allylic oxidation sites excluding steroid dienone is 1. The summed E-state index contributed by atoms with van der Waals surface area (Å²) in [7, 11) is -3.87. The highest BCUT2D eigenvalue weighted by molar-refractivity contribution is 7.91. The number of hydrogen-bond acceptors (Lipinski definition) is 8. The Morgan fingerprint density at radius 3 is 2.38 bits per heavy atom. The van der Waals surface area contributed by atoms with E-state index in [0.717, 1.165) is 24.0 Å². The molecular weight excluding hydrogens is 662 g/mol. The lowest BCUT2D eigenvalue weighted by Crippen LogP contribution is -2.58. The summed E-state index contributed by atoms with van der Waals surface area (Å²) in [5.41, 5.74) is -0.0938. The lowest BCUT2D eigenvalue weighted by Gasteiger charge is -2.30. The topological polar surface area (TPSA) is 171 Å². The number of carbonyl (C=O) groups excluding carboxylic acids is 5. The van der Waals surface area contributed by atoms with Crippen molar-refractivity contribution in [1.82, 2.24) is 25.2 Å². The highest BCUT2D eigenvalue weighted by Crippen LogP contribution is 2.46. The maximum Gasteiger partial charge on any atom is 0.408 e. The molecule has 0 bridgehead atoms. The normalized spacial score (nSPS) is 28.7. The molecule has 6 rings (SSSR count). The molecule has 1 saturated heterocycles. The fourth-order valence-corrected chi connectivity index (χ4v) is 8.73. The number of ether oxygens (including phenoxy) is 1. The molecule has 5 amide bonds. The van der Waals surface area contributed by atoms with Crippen molar-refractivity contribution in [2.24, 2.45) is 11.8 Å². The van der Waals surface area contributed by atoms with Gasteiger partial charge < -0.3 is 25.2 Å². The zero-order chi connectivity index (χ0) is 35.8. The van der Waals surface area contributed by atoms with Crippen LogP contribution >= 0.6 is 0 Å². The summed E-state index contributed by atoms with van der Waals surface area (Å²) >= 11 is 0. The van der Waals surface area contributed by atoms with Gasteiger partial charge in [-0.2, -0.15) is 0 Å². The van der Waals surface area contributed by atoms with Crippen LogP contribution in [0.5, 0.6) is 0 Å². The van der Waals surface area contributed by atoms with Gasteiger partial charge >= 0.3 is 6.09 Å². The third-order valence-electron chi connectivity index (χ3n) is 10.3. The summed E-state index contributed by atoms with van der Waals surface area (Å²) in [6.45, 7) is 6.28. The van der Waals surface area contributed by atoms with Crippen LogP contribution in [-0.4, -0.2) is 83.0 Å². The van der Waals surface area contributed by atoms with Gasteiger partial charge in [-0.15, -0.1) is 0 Å². The molecule has 1 aromatic rings. The molecule has 272 valence electrons. The molecule has 3 N–H and O–H groups in total. The van der Waals surface area contributed by atoms with Crippen molar-refractivity contribution in [3.05, 3.63) is 47.5 Å². The van der Waals surface area contributed by atoms with Gasteiger partial charge in [0.05, 0.1) is 5.25 Å². The van der Waals surface area contributed by atoms with Crippen molar-refractivity contribution in [2.45, 2.75) is 127 Å². The Bertz CT molecular complexity index is 1640. The fourth-order valence-electron chi connectivity index (χ4n) is 7.37. The van der Waals surface area contributed by atoms with E-state index in [1.54, 1.807) is 25.7 Å². The summed E-state index contributed by atoms with van der Waals surface area (Å²) in [6, 6.07) is 5.86. The largest absolute Gasteiger partial charge is 0.444 e. The monoisotopic (exact) mass is 711 g/mol. The minimum atomic E-state index is -3.87. The molecule has 0 radical (unpaired) electrons. The first-order valence-corrected chi connectivity index (χ1v) is 19.4. The zero-order valence-corrected chi connectivity index (χ0v) is 29.9. The molecule has 3 aliphatic heterocycles. The van der Waals surface area contributed by atoms with Crippen molar-refractivity contribution in [2.75, 3.05) is 6.54 Å². The Morgan fingerprint density at radius 2 is 1.72 bits per heavy atom. The van der Waals surface area contributed by atoms with Crippen molar-refractivity contribution in [3.63, 3.8) is 0 Å². The molecule has 1 aromatic carbocycles. The van der Waals surface area contributed by atoms with E-state index >= 15 is 0 Å². The minimum Gasteiger partial charge on any atom is -0.444 e. The van der Waals surface area contributed by atoms with Crippen LogP contribution in [0.15, 0.2) is 36.4 Å². The van der Waals surface area contributed by atoms with Crippen LogP contribution in [0.4, 0.5) is 4.79 Å². The molecule has 3 fully saturated rings. The number of benzene rings is 1. The molecule has 2 saturated carbocycles. The maximum absolute atomic E-state index is 14.3. The summed E-state index contributed by atoms with van der Waals surface area (Å²) in [5, 5.41) is 4.99. The SMILES string of the molecule is CC(C)(C)OC(=O)N[C@H]1CCCCCC=C[C@@H]2C[C@@]2(C(=O)NS(=O)(=O)C2CC2)NC(=O)[C@@H]2C[C@@H](CC(=O)N3Cc4ccccc4C3)CN2C1=O. The quantitative estimate of drug-likeness (QED) is 0.378. The van der Waals surface area contributed by atoms with Crippen LogP contribution in [0, 0.1) is 11.8 Å². The average Bonchev–Trinajstić information content (AvgIpc) is 3.92. The number of alkyl carbamates (subject to hydrolysis) is 1. The first-order chi connectivity index (χ1) is 23.6. The van der Waals surface area contributed by atoms with Gasteiger partial charge in [0.15, 0.2) is 0 Å². The molecule has 0 spiro atoms. The number of fused-ring (bicyclic) bond motifs is 3. The van der Waals surface area contributed by atoms with Crippen LogP contribution in [0.25, 0.3) is 0 Å². The number of rotatable bonds is 6. The molecule has 5 atom stereocenters. The Balaban J connectivity index is 1.25. The van der Waals surface area contributed by atoms with E-state index in [2.05, 4.69) is 15.4 Å². The summed E-state index contributed by atoms with van der Waals surface area (Å²) in [4.78, 5) is 71.8. The molecule has 5 aliphatic rings. The third-order valence-corrected chi connectivity index (χ3v) is 12.1. The first kappa shape index (κ1) is 35.9. The molecule has 14 heteroatoms. The van der Waals surface area contributed by atoms with E-state index < -0.39 is 68.2 Å². The zero-order valence-electron chi connectivity index (χ0n) is 29.1. The van der Waals surface area contributed by atoms with Crippen LogP contribution in [0.3, 0.4) is 0 Å². The van der Waals surface area contributed by atoms with E-state index in [9.17, 15) is 32.4 Å². The van der Waals surface area contributed by atoms with Crippen molar-refractivity contribution in [3.8, 4) is 0 Å².